The van der Waals surface area contributed by atoms with E-state index in [1.54, 1.807) is 6.07 Å². The van der Waals surface area contributed by atoms with Gasteiger partial charge in [0.15, 0.2) is 0 Å². The summed E-state index contributed by atoms with van der Waals surface area (Å²) in [5, 5.41) is 11.7. The van der Waals surface area contributed by atoms with Gasteiger partial charge in [0.2, 0.25) is 0 Å². The van der Waals surface area contributed by atoms with Crippen LogP contribution < -0.4 is 5.32 Å². The van der Waals surface area contributed by atoms with E-state index in [0.29, 0.717) is 18.5 Å². The lowest BCUT2D eigenvalue weighted by Crippen LogP contribution is -2.26. The Labute approximate surface area is 143 Å². The van der Waals surface area contributed by atoms with Crippen LogP contribution in [0.25, 0.3) is 6.08 Å². The Balaban J connectivity index is 1.99. The zero-order valence-corrected chi connectivity index (χ0v) is 13.2. The van der Waals surface area contributed by atoms with Crippen molar-refractivity contribution < 1.29 is 18.0 Å². The van der Waals surface area contributed by atoms with Crippen molar-refractivity contribution in [2.45, 2.75) is 12.6 Å². The van der Waals surface area contributed by atoms with Gasteiger partial charge in [-0.1, -0.05) is 42.5 Å². The predicted octanol–water partition coefficient (Wildman–Crippen LogP) is 3.97. The normalized spacial score (nSPS) is 11.7. The van der Waals surface area contributed by atoms with Crippen molar-refractivity contribution in [3.63, 3.8) is 0 Å². The minimum atomic E-state index is -4.42. The average molecular weight is 344 g/mol. The molecular weight excluding hydrogens is 329 g/mol. The molecule has 2 aromatic carbocycles. The number of nitrogens with zero attached hydrogens (tertiary/aromatic N) is 1. The number of benzene rings is 2. The van der Waals surface area contributed by atoms with E-state index in [0.717, 1.165) is 17.7 Å². The molecule has 1 N–H and O–H groups in total. The Morgan fingerprint density at radius 1 is 1.08 bits per heavy atom. The fourth-order valence-electron chi connectivity index (χ4n) is 2.14. The molecule has 0 bridgehead atoms. The first-order chi connectivity index (χ1) is 11.9. The second kappa shape index (κ2) is 8.15. The highest BCUT2D eigenvalue weighted by atomic mass is 19.4. The van der Waals surface area contributed by atoms with Crippen molar-refractivity contribution in [3.8, 4) is 6.07 Å². The summed E-state index contributed by atoms with van der Waals surface area (Å²) in [6, 6.07) is 15.6. The molecule has 6 heteroatoms. The number of rotatable bonds is 5. The SMILES string of the molecule is N#C/C(=C\c1ccc(C(F)(F)F)cc1)C(=O)NCCc1ccccc1. The summed E-state index contributed by atoms with van der Waals surface area (Å²) in [6.45, 7) is 0.356. The van der Waals surface area contributed by atoms with Gasteiger partial charge in [0, 0.05) is 6.54 Å². The van der Waals surface area contributed by atoms with Gasteiger partial charge in [0.25, 0.3) is 5.91 Å². The van der Waals surface area contributed by atoms with E-state index in [1.165, 1.54) is 18.2 Å². The highest BCUT2D eigenvalue weighted by Gasteiger charge is 2.29. The third kappa shape index (κ3) is 5.50. The fourth-order valence-corrected chi connectivity index (χ4v) is 2.14. The highest BCUT2D eigenvalue weighted by Crippen LogP contribution is 2.29. The molecule has 0 aromatic heterocycles. The zero-order chi connectivity index (χ0) is 18.3. The first-order valence-corrected chi connectivity index (χ1v) is 7.51. The van der Waals surface area contributed by atoms with Crippen LogP contribution in [0.15, 0.2) is 60.2 Å². The van der Waals surface area contributed by atoms with Gasteiger partial charge in [-0.3, -0.25) is 4.79 Å². The molecule has 0 atom stereocenters. The Morgan fingerprint density at radius 3 is 2.28 bits per heavy atom. The Morgan fingerprint density at radius 2 is 1.72 bits per heavy atom. The number of nitriles is 1. The number of hydrogen-bond acceptors (Lipinski definition) is 2. The van der Waals surface area contributed by atoms with Crippen LogP contribution in [-0.2, 0) is 17.4 Å². The van der Waals surface area contributed by atoms with E-state index < -0.39 is 17.6 Å². The number of carbonyl (C=O) groups is 1. The topological polar surface area (TPSA) is 52.9 Å². The smallest absolute Gasteiger partial charge is 0.351 e. The Hall–Kier alpha value is -3.07. The van der Waals surface area contributed by atoms with Gasteiger partial charge in [-0.15, -0.1) is 0 Å². The maximum atomic E-state index is 12.5. The number of hydrogen-bond donors (Lipinski definition) is 1. The van der Waals surface area contributed by atoms with Crippen LogP contribution >= 0.6 is 0 Å². The molecule has 2 rings (SSSR count). The quantitative estimate of drug-likeness (QED) is 0.659. The van der Waals surface area contributed by atoms with Crippen molar-refractivity contribution in [1.82, 2.24) is 5.32 Å². The van der Waals surface area contributed by atoms with Crippen LogP contribution in [0.2, 0.25) is 0 Å². The van der Waals surface area contributed by atoms with Crippen molar-refractivity contribution in [2.24, 2.45) is 0 Å². The van der Waals surface area contributed by atoms with E-state index in [2.05, 4.69) is 5.32 Å². The van der Waals surface area contributed by atoms with E-state index in [4.69, 9.17) is 5.26 Å². The van der Waals surface area contributed by atoms with Crippen molar-refractivity contribution >= 4 is 12.0 Å². The van der Waals surface area contributed by atoms with E-state index in [1.807, 2.05) is 30.3 Å². The molecular formula is C19H15F3N2O. The molecule has 0 saturated heterocycles. The maximum absolute atomic E-state index is 12.5. The monoisotopic (exact) mass is 344 g/mol. The Bertz CT molecular complexity index is 788. The molecule has 0 spiro atoms. The summed E-state index contributed by atoms with van der Waals surface area (Å²) < 4.78 is 37.6. The summed E-state index contributed by atoms with van der Waals surface area (Å²) >= 11 is 0. The molecule has 25 heavy (non-hydrogen) atoms. The molecule has 0 radical (unpaired) electrons. The van der Waals surface area contributed by atoms with Gasteiger partial charge in [-0.05, 0) is 35.8 Å². The average Bonchev–Trinajstić information content (AvgIpc) is 2.60. The molecule has 0 fully saturated rings. The van der Waals surface area contributed by atoms with E-state index in [-0.39, 0.29) is 5.57 Å². The molecule has 128 valence electrons. The van der Waals surface area contributed by atoms with E-state index >= 15 is 0 Å². The van der Waals surface area contributed by atoms with E-state index in [9.17, 15) is 18.0 Å². The standard InChI is InChI=1S/C19H15F3N2O/c20-19(21,22)17-8-6-15(7-9-17)12-16(13-23)18(25)24-11-10-14-4-2-1-3-5-14/h1-9,12H,10-11H2,(H,24,25)/b16-12+. The molecule has 0 aliphatic heterocycles. The van der Waals surface area contributed by atoms with Gasteiger partial charge < -0.3 is 5.32 Å². The van der Waals surface area contributed by atoms with Crippen LogP contribution in [0.1, 0.15) is 16.7 Å². The molecule has 2 aromatic rings. The van der Waals surface area contributed by atoms with Crippen LogP contribution in [0, 0.1) is 11.3 Å². The molecule has 1 amide bonds. The molecule has 0 heterocycles. The molecule has 3 nitrogen and oxygen atoms in total. The lowest BCUT2D eigenvalue weighted by atomic mass is 10.1. The lowest BCUT2D eigenvalue weighted by Gasteiger charge is -2.07. The minimum Gasteiger partial charge on any atom is -0.351 e. The lowest BCUT2D eigenvalue weighted by molar-refractivity contribution is -0.137. The summed E-state index contributed by atoms with van der Waals surface area (Å²) in [5.41, 5.74) is 0.457. The highest BCUT2D eigenvalue weighted by molar-refractivity contribution is 6.01. The first kappa shape index (κ1) is 18.3. The van der Waals surface area contributed by atoms with Gasteiger partial charge in [0.1, 0.15) is 11.6 Å². The molecule has 0 saturated carbocycles. The van der Waals surface area contributed by atoms with Crippen LogP contribution in [0.4, 0.5) is 13.2 Å². The van der Waals surface area contributed by atoms with Gasteiger partial charge in [0.05, 0.1) is 5.56 Å². The third-order valence-corrected chi connectivity index (χ3v) is 3.46. The minimum absolute atomic E-state index is 0.159. The van der Waals surface area contributed by atoms with Crippen LogP contribution in [0.3, 0.4) is 0 Å². The molecule has 0 unspecified atom stereocenters. The fraction of sp³-hybridized carbons (Fsp3) is 0.158. The summed E-state index contributed by atoms with van der Waals surface area (Å²) in [5.74, 6) is -0.557. The summed E-state index contributed by atoms with van der Waals surface area (Å²) in [4.78, 5) is 12.0. The van der Waals surface area contributed by atoms with Crippen LogP contribution in [0.5, 0.6) is 0 Å². The number of carbonyl (C=O) groups excluding carboxylic acids is 1. The second-order valence-corrected chi connectivity index (χ2v) is 5.28. The van der Waals surface area contributed by atoms with Gasteiger partial charge >= 0.3 is 6.18 Å². The zero-order valence-electron chi connectivity index (χ0n) is 13.2. The largest absolute Gasteiger partial charge is 0.416 e. The summed E-state index contributed by atoms with van der Waals surface area (Å²) in [7, 11) is 0. The molecule has 0 aliphatic rings. The predicted molar refractivity (Wildman–Crippen MR) is 88.2 cm³/mol. The molecule has 0 aliphatic carbocycles. The Kier molecular flexibility index (Phi) is 5.96. The number of nitrogens with one attached hydrogen (secondary N) is 1. The maximum Gasteiger partial charge on any atom is 0.416 e. The van der Waals surface area contributed by atoms with Crippen molar-refractivity contribution in [3.05, 3.63) is 76.9 Å². The van der Waals surface area contributed by atoms with Crippen LogP contribution in [-0.4, -0.2) is 12.5 Å². The number of halogens is 3. The second-order valence-electron chi connectivity index (χ2n) is 5.28. The first-order valence-electron chi connectivity index (χ1n) is 7.51. The third-order valence-electron chi connectivity index (χ3n) is 3.46. The van der Waals surface area contributed by atoms with Gasteiger partial charge in [-0.2, -0.15) is 18.4 Å². The van der Waals surface area contributed by atoms with Gasteiger partial charge in [-0.25, -0.2) is 0 Å². The summed E-state index contributed by atoms with van der Waals surface area (Å²) in [6.07, 6.45) is -2.54. The van der Waals surface area contributed by atoms with Crippen molar-refractivity contribution in [2.75, 3.05) is 6.54 Å². The van der Waals surface area contributed by atoms with Crippen molar-refractivity contribution in [1.29, 1.82) is 5.26 Å². The number of alkyl halides is 3. The number of amides is 1.